The molecule has 3 aromatic carbocycles. The van der Waals surface area contributed by atoms with E-state index in [1.165, 1.54) is 0 Å². The lowest BCUT2D eigenvalue weighted by atomic mass is 9.97. The van der Waals surface area contributed by atoms with Crippen LogP contribution < -0.4 is 19.8 Å². The number of hydrogen-bond acceptors (Lipinski definition) is 7. The molecule has 5 rings (SSSR count). The first-order valence-corrected chi connectivity index (χ1v) is 13.6. The average Bonchev–Trinajstić information content (AvgIpc) is 2.96. The Morgan fingerprint density at radius 2 is 1.73 bits per heavy atom. The van der Waals surface area contributed by atoms with Gasteiger partial charge in [0.15, 0.2) is 0 Å². The van der Waals surface area contributed by atoms with E-state index in [2.05, 4.69) is 11.9 Å². The van der Waals surface area contributed by atoms with Crippen molar-refractivity contribution >= 4 is 16.8 Å². The quantitative estimate of drug-likeness (QED) is 0.255. The summed E-state index contributed by atoms with van der Waals surface area (Å²) in [5, 5.41) is 0.778. The standard InChI is InChI=1S/C33H35NO6/c1-21-30(39-27-12-14-34(2)15-13-27)11-9-24-18-25(33(36)40-32(21)24)19-26(35)16-22-8-10-31(38-4)29(17-22)23-6-5-7-28(20-23)37-3/h5-11,17-18,20,27H,12-16,19H2,1-4H3. The molecule has 1 aromatic heterocycles. The SMILES string of the molecule is COc1cccc(-c2cc(CC(=O)Cc3cc4ccc(OC5CCN(C)CC5)c(C)c4oc3=O)ccc2OC)c1. The van der Waals surface area contributed by atoms with Crippen molar-refractivity contribution in [1.29, 1.82) is 0 Å². The predicted octanol–water partition coefficient (Wildman–Crippen LogP) is 5.61. The van der Waals surface area contributed by atoms with Gasteiger partial charge < -0.3 is 23.5 Å². The predicted molar refractivity (Wildman–Crippen MR) is 156 cm³/mol. The number of hydrogen-bond donors (Lipinski definition) is 0. The van der Waals surface area contributed by atoms with Crippen molar-refractivity contribution < 1.29 is 23.4 Å². The number of fused-ring (bicyclic) bond motifs is 1. The van der Waals surface area contributed by atoms with E-state index in [1.807, 2.05) is 61.5 Å². The zero-order chi connectivity index (χ0) is 28.2. The second-order valence-electron chi connectivity index (χ2n) is 10.4. The monoisotopic (exact) mass is 541 g/mol. The first kappa shape index (κ1) is 27.5. The van der Waals surface area contributed by atoms with Crippen LogP contribution in [0.15, 0.2) is 69.9 Å². The van der Waals surface area contributed by atoms with E-state index < -0.39 is 5.63 Å². The molecule has 2 heterocycles. The molecule has 0 bridgehead atoms. The number of methoxy groups -OCH3 is 2. The third-order valence-electron chi connectivity index (χ3n) is 7.57. The van der Waals surface area contributed by atoms with E-state index in [-0.39, 0.29) is 24.7 Å². The molecule has 40 heavy (non-hydrogen) atoms. The van der Waals surface area contributed by atoms with Crippen LogP contribution in [0.3, 0.4) is 0 Å². The van der Waals surface area contributed by atoms with Crippen molar-refractivity contribution in [3.63, 3.8) is 0 Å². The first-order valence-electron chi connectivity index (χ1n) is 13.6. The van der Waals surface area contributed by atoms with E-state index in [1.54, 1.807) is 20.3 Å². The van der Waals surface area contributed by atoms with Gasteiger partial charge in [-0.05, 0) is 80.4 Å². The minimum atomic E-state index is -0.493. The summed E-state index contributed by atoms with van der Waals surface area (Å²) in [4.78, 5) is 28.3. The summed E-state index contributed by atoms with van der Waals surface area (Å²) in [5.74, 6) is 2.10. The molecule has 0 radical (unpaired) electrons. The molecule has 1 aliphatic rings. The number of aryl methyl sites for hydroxylation is 1. The number of carbonyl (C=O) groups is 1. The van der Waals surface area contributed by atoms with Crippen LogP contribution in [0.25, 0.3) is 22.1 Å². The highest BCUT2D eigenvalue weighted by Crippen LogP contribution is 2.33. The fraction of sp³-hybridized carbons (Fsp3) is 0.333. The average molecular weight is 542 g/mol. The summed E-state index contributed by atoms with van der Waals surface area (Å²) in [6.07, 6.45) is 2.26. The topological polar surface area (TPSA) is 78.2 Å². The van der Waals surface area contributed by atoms with Crippen LogP contribution in [0.1, 0.15) is 29.5 Å². The number of ether oxygens (including phenoxy) is 3. The van der Waals surface area contributed by atoms with Crippen LogP contribution in [0, 0.1) is 6.92 Å². The van der Waals surface area contributed by atoms with Crippen LogP contribution >= 0.6 is 0 Å². The highest BCUT2D eigenvalue weighted by Gasteiger charge is 2.20. The minimum Gasteiger partial charge on any atom is -0.497 e. The molecule has 0 N–H and O–H groups in total. The van der Waals surface area contributed by atoms with Crippen LogP contribution in [0.4, 0.5) is 0 Å². The molecule has 7 nitrogen and oxygen atoms in total. The smallest absolute Gasteiger partial charge is 0.339 e. The van der Waals surface area contributed by atoms with Gasteiger partial charge in [0.05, 0.1) is 14.2 Å². The Morgan fingerprint density at radius 3 is 2.48 bits per heavy atom. The summed E-state index contributed by atoms with van der Waals surface area (Å²) >= 11 is 0. The summed E-state index contributed by atoms with van der Waals surface area (Å²) < 4.78 is 22.9. The lowest BCUT2D eigenvalue weighted by Crippen LogP contribution is -2.35. The van der Waals surface area contributed by atoms with E-state index in [4.69, 9.17) is 18.6 Å². The normalized spacial score (nSPS) is 14.3. The fourth-order valence-electron chi connectivity index (χ4n) is 5.27. The molecule has 0 unspecified atom stereocenters. The van der Waals surface area contributed by atoms with Gasteiger partial charge in [-0.3, -0.25) is 4.79 Å². The lowest BCUT2D eigenvalue weighted by molar-refractivity contribution is -0.117. The maximum absolute atomic E-state index is 13.1. The fourth-order valence-corrected chi connectivity index (χ4v) is 5.27. The molecule has 208 valence electrons. The van der Waals surface area contributed by atoms with Crippen LogP contribution in [-0.2, 0) is 17.6 Å². The first-order chi connectivity index (χ1) is 19.3. The van der Waals surface area contributed by atoms with E-state index in [9.17, 15) is 9.59 Å². The van der Waals surface area contributed by atoms with E-state index in [0.29, 0.717) is 16.9 Å². The zero-order valence-electron chi connectivity index (χ0n) is 23.5. The maximum atomic E-state index is 13.1. The molecule has 1 fully saturated rings. The second-order valence-corrected chi connectivity index (χ2v) is 10.4. The molecule has 1 saturated heterocycles. The molecule has 0 amide bonds. The van der Waals surface area contributed by atoms with Crippen molar-refractivity contribution in [2.45, 2.75) is 38.7 Å². The second kappa shape index (κ2) is 12.0. The van der Waals surface area contributed by atoms with Gasteiger partial charge in [-0.25, -0.2) is 4.79 Å². The minimum absolute atomic E-state index is 0.00825. The number of rotatable bonds is 9. The van der Waals surface area contributed by atoms with Gasteiger partial charge in [0.2, 0.25) is 0 Å². The van der Waals surface area contributed by atoms with Crippen molar-refractivity contribution in [2.75, 3.05) is 34.4 Å². The molecule has 0 atom stereocenters. The van der Waals surface area contributed by atoms with Crippen molar-refractivity contribution in [3.05, 3.63) is 87.8 Å². The van der Waals surface area contributed by atoms with Gasteiger partial charge in [0.1, 0.15) is 34.7 Å². The Labute approximate surface area is 234 Å². The Balaban J connectivity index is 1.33. The third kappa shape index (κ3) is 6.05. The molecule has 0 saturated carbocycles. The van der Waals surface area contributed by atoms with Gasteiger partial charge in [-0.15, -0.1) is 0 Å². The number of piperidine rings is 1. The Kier molecular flexibility index (Phi) is 8.21. The number of ketones is 1. The molecule has 1 aliphatic heterocycles. The number of benzene rings is 3. The van der Waals surface area contributed by atoms with Gasteiger partial charge in [0, 0.05) is 48.0 Å². The van der Waals surface area contributed by atoms with Crippen LogP contribution in [0.5, 0.6) is 17.2 Å². The molecule has 4 aromatic rings. The molecular weight excluding hydrogens is 506 g/mol. The van der Waals surface area contributed by atoms with Crippen molar-refractivity contribution in [2.24, 2.45) is 0 Å². The Hall–Kier alpha value is -4.10. The highest BCUT2D eigenvalue weighted by atomic mass is 16.5. The summed E-state index contributed by atoms with van der Waals surface area (Å²) in [7, 11) is 5.36. The number of Topliss-reactive ketones (excluding diaryl/α,β-unsaturated/α-hetero) is 1. The number of likely N-dealkylation sites (tertiary alicyclic amines) is 1. The maximum Gasteiger partial charge on any atom is 0.339 e. The lowest BCUT2D eigenvalue weighted by Gasteiger charge is -2.29. The number of carbonyl (C=O) groups excluding carboxylic acids is 1. The molecule has 0 aliphatic carbocycles. The Morgan fingerprint density at radius 1 is 0.950 bits per heavy atom. The van der Waals surface area contributed by atoms with Gasteiger partial charge >= 0.3 is 5.63 Å². The van der Waals surface area contributed by atoms with E-state index in [0.717, 1.165) is 65.1 Å². The van der Waals surface area contributed by atoms with E-state index >= 15 is 0 Å². The molecule has 7 heteroatoms. The van der Waals surface area contributed by atoms with Crippen LogP contribution in [0.2, 0.25) is 0 Å². The summed E-state index contributed by atoms with van der Waals surface area (Å²) in [5.41, 5.74) is 3.79. The summed E-state index contributed by atoms with van der Waals surface area (Å²) in [6, 6.07) is 19.0. The summed E-state index contributed by atoms with van der Waals surface area (Å²) in [6.45, 7) is 3.91. The highest BCUT2D eigenvalue weighted by molar-refractivity contribution is 5.86. The molecule has 0 spiro atoms. The number of nitrogens with zero attached hydrogens (tertiary/aromatic N) is 1. The zero-order valence-corrected chi connectivity index (χ0v) is 23.5. The van der Waals surface area contributed by atoms with Gasteiger partial charge in [-0.1, -0.05) is 18.2 Å². The van der Waals surface area contributed by atoms with Crippen molar-refractivity contribution in [3.8, 4) is 28.4 Å². The van der Waals surface area contributed by atoms with Gasteiger partial charge in [0.25, 0.3) is 0 Å². The third-order valence-corrected chi connectivity index (χ3v) is 7.57. The molecular formula is C33H35NO6. The van der Waals surface area contributed by atoms with Gasteiger partial charge in [-0.2, -0.15) is 0 Å². The van der Waals surface area contributed by atoms with Crippen molar-refractivity contribution in [1.82, 2.24) is 4.90 Å². The largest absolute Gasteiger partial charge is 0.497 e. The van der Waals surface area contributed by atoms with Crippen LogP contribution in [-0.4, -0.2) is 51.1 Å². The Bertz CT molecular complexity index is 1580.